The molecule has 0 unspecified atom stereocenters. The van der Waals surface area contributed by atoms with Crippen LogP contribution in [-0.4, -0.2) is 29.9 Å². The number of hydrogen-bond donors (Lipinski definition) is 0. The van der Waals surface area contributed by atoms with Crippen LogP contribution in [0.5, 0.6) is 0 Å². The van der Waals surface area contributed by atoms with Crippen LogP contribution in [0.1, 0.15) is 12.5 Å². The van der Waals surface area contributed by atoms with Crippen LogP contribution >= 0.6 is 0 Å². The molecular weight excluding hydrogens is 398 g/mol. The summed E-state index contributed by atoms with van der Waals surface area (Å²) in [6.07, 6.45) is 0. The molecule has 110 valence electrons. The first-order valence-corrected chi connectivity index (χ1v) is 10.7. The summed E-state index contributed by atoms with van der Waals surface area (Å²) in [4.78, 5) is 0. The quantitative estimate of drug-likeness (QED) is 0.562. The molecule has 0 fully saturated rings. The van der Waals surface area contributed by atoms with E-state index < -0.39 is 0 Å². The first-order valence-electron chi connectivity index (χ1n) is 7.30. The minimum absolute atomic E-state index is 0.226. The van der Waals surface area contributed by atoms with Gasteiger partial charge >= 0.3 is 146 Å². The van der Waals surface area contributed by atoms with E-state index >= 15 is 0 Å². The van der Waals surface area contributed by atoms with E-state index in [-0.39, 0.29) is 3.21 Å². The van der Waals surface area contributed by atoms with Crippen molar-refractivity contribution in [3.8, 4) is 0 Å². The maximum atomic E-state index is 2.43. The van der Waals surface area contributed by atoms with Crippen LogP contribution in [0.25, 0.3) is 0 Å². The minimum atomic E-state index is 0.226. The Hall–Kier alpha value is -1.30. The molecule has 0 aromatic heterocycles. The van der Waals surface area contributed by atoms with Crippen molar-refractivity contribution in [2.24, 2.45) is 0 Å². The van der Waals surface area contributed by atoms with Gasteiger partial charge in [-0.15, -0.1) is 0 Å². The fraction of sp³-hybridized carbons (Fsp3) is 0.100. The van der Waals surface area contributed by atoms with Crippen LogP contribution in [0, 0.1) is 0 Å². The van der Waals surface area contributed by atoms with Crippen LogP contribution in [0.2, 0.25) is 0 Å². The van der Waals surface area contributed by atoms with Gasteiger partial charge in [-0.25, -0.2) is 0 Å². The number of hydrogen-bond acceptors (Lipinski definition) is 0. The molecule has 0 saturated carbocycles. The Labute approximate surface area is 145 Å². The van der Waals surface area contributed by atoms with E-state index in [4.69, 9.17) is 0 Å². The van der Waals surface area contributed by atoms with Gasteiger partial charge in [0.1, 0.15) is 0 Å². The Bertz CT molecular complexity index is 652. The third kappa shape index (κ3) is 3.91. The van der Waals surface area contributed by atoms with Gasteiger partial charge in [-0.05, 0) is 0 Å². The Kier molecular flexibility index (Phi) is 5.18. The second-order valence-electron chi connectivity index (χ2n) is 5.14. The molecule has 0 bridgehead atoms. The molecule has 0 atom stereocenters. The Morgan fingerprint density at radius 3 is 1.32 bits per heavy atom. The van der Waals surface area contributed by atoms with Crippen LogP contribution in [0.3, 0.4) is 0 Å². The molecule has 0 spiro atoms. The van der Waals surface area contributed by atoms with Crippen molar-refractivity contribution in [3.05, 3.63) is 96.6 Å². The van der Waals surface area contributed by atoms with Crippen LogP contribution in [-0.2, 0) is 3.21 Å². The SMILES string of the molecule is CC([Se]c1ccccc1)([Se]c1ccccc1)c1ccccc1. The van der Waals surface area contributed by atoms with Crippen molar-refractivity contribution in [3.63, 3.8) is 0 Å². The summed E-state index contributed by atoms with van der Waals surface area (Å²) in [7, 11) is 0. The summed E-state index contributed by atoms with van der Waals surface area (Å²) in [5, 5.41) is 0. The molecule has 0 radical (unpaired) electrons. The van der Waals surface area contributed by atoms with Crippen molar-refractivity contribution in [1.82, 2.24) is 0 Å². The van der Waals surface area contributed by atoms with Gasteiger partial charge in [0.25, 0.3) is 0 Å². The van der Waals surface area contributed by atoms with Gasteiger partial charge in [-0.1, -0.05) is 0 Å². The first kappa shape index (κ1) is 15.6. The van der Waals surface area contributed by atoms with Gasteiger partial charge < -0.3 is 0 Å². The van der Waals surface area contributed by atoms with E-state index in [1.165, 1.54) is 14.5 Å². The van der Waals surface area contributed by atoms with E-state index in [9.17, 15) is 0 Å². The third-order valence-corrected chi connectivity index (χ3v) is 9.98. The molecule has 3 rings (SSSR count). The van der Waals surface area contributed by atoms with Crippen molar-refractivity contribution in [2.45, 2.75) is 10.1 Å². The molecule has 22 heavy (non-hydrogen) atoms. The summed E-state index contributed by atoms with van der Waals surface area (Å²) in [5.41, 5.74) is 1.46. The average molecular weight is 416 g/mol. The second-order valence-corrected chi connectivity index (χ2v) is 12.7. The first-order chi connectivity index (χ1) is 10.8. The zero-order chi connectivity index (χ0) is 15.3. The molecule has 0 aliphatic carbocycles. The zero-order valence-electron chi connectivity index (χ0n) is 12.5. The molecule has 3 aromatic carbocycles. The van der Waals surface area contributed by atoms with E-state index in [0.29, 0.717) is 29.9 Å². The monoisotopic (exact) mass is 418 g/mol. The van der Waals surface area contributed by atoms with E-state index in [0.717, 1.165) is 0 Å². The van der Waals surface area contributed by atoms with E-state index in [2.05, 4.69) is 97.9 Å². The Morgan fingerprint density at radius 2 is 0.909 bits per heavy atom. The second kappa shape index (κ2) is 7.31. The summed E-state index contributed by atoms with van der Waals surface area (Å²) in [6.45, 7) is 2.43. The van der Waals surface area contributed by atoms with Gasteiger partial charge in [0.15, 0.2) is 0 Å². The van der Waals surface area contributed by atoms with Crippen molar-refractivity contribution >= 4 is 38.8 Å². The summed E-state index contributed by atoms with van der Waals surface area (Å²) in [6, 6.07) is 32.9. The molecule has 0 amide bonds. The molecule has 0 saturated heterocycles. The van der Waals surface area contributed by atoms with Crippen molar-refractivity contribution < 1.29 is 0 Å². The third-order valence-electron chi connectivity index (χ3n) is 3.41. The topological polar surface area (TPSA) is 0 Å². The van der Waals surface area contributed by atoms with Crippen LogP contribution in [0.15, 0.2) is 91.0 Å². The summed E-state index contributed by atoms with van der Waals surface area (Å²) >= 11 is 0.816. The fourth-order valence-electron chi connectivity index (χ4n) is 2.31. The van der Waals surface area contributed by atoms with Gasteiger partial charge in [-0.3, -0.25) is 0 Å². The predicted octanol–water partition coefficient (Wildman–Crippen LogP) is 2.92. The van der Waals surface area contributed by atoms with Gasteiger partial charge in [0, 0.05) is 0 Å². The van der Waals surface area contributed by atoms with E-state index in [1.807, 2.05) is 0 Å². The molecule has 0 aliphatic heterocycles. The molecule has 3 aromatic rings. The Balaban J connectivity index is 1.95. The van der Waals surface area contributed by atoms with Crippen LogP contribution < -0.4 is 8.92 Å². The van der Waals surface area contributed by atoms with Crippen LogP contribution in [0.4, 0.5) is 0 Å². The molecule has 2 heteroatoms. The normalized spacial score (nSPS) is 11.3. The zero-order valence-corrected chi connectivity index (χ0v) is 15.9. The molecule has 0 heterocycles. The van der Waals surface area contributed by atoms with Crippen molar-refractivity contribution in [2.75, 3.05) is 0 Å². The van der Waals surface area contributed by atoms with E-state index in [1.54, 1.807) is 0 Å². The number of rotatable bonds is 5. The standard InChI is InChI=1S/C20H18Se2/c1-20(17-11-5-2-6-12-17,21-18-13-7-3-8-14-18)22-19-15-9-4-10-16-19/h2-16H,1H3. The maximum absolute atomic E-state index is 2.43. The summed E-state index contributed by atoms with van der Waals surface area (Å²) < 4.78 is 3.17. The average Bonchev–Trinajstić information content (AvgIpc) is 2.57. The molecular formula is C20H18Se2. The van der Waals surface area contributed by atoms with Gasteiger partial charge in [0.05, 0.1) is 0 Å². The molecule has 0 N–H and O–H groups in total. The number of benzene rings is 3. The fourth-order valence-corrected chi connectivity index (χ4v) is 9.13. The predicted molar refractivity (Wildman–Crippen MR) is 97.5 cm³/mol. The molecule has 0 nitrogen and oxygen atoms in total. The molecule has 0 aliphatic rings. The van der Waals surface area contributed by atoms with Gasteiger partial charge in [-0.2, -0.15) is 0 Å². The Morgan fingerprint density at radius 1 is 0.545 bits per heavy atom. The van der Waals surface area contributed by atoms with Gasteiger partial charge in [0.2, 0.25) is 0 Å². The summed E-state index contributed by atoms with van der Waals surface area (Å²) in [5.74, 6) is 0. The van der Waals surface area contributed by atoms with Crippen molar-refractivity contribution in [1.29, 1.82) is 0 Å².